The number of amides is 2. The molecule has 0 bridgehead atoms. The Bertz CT molecular complexity index is 1350. The highest BCUT2D eigenvalue weighted by Crippen LogP contribution is 2.49. The van der Waals surface area contributed by atoms with Crippen molar-refractivity contribution in [3.8, 4) is 0 Å². The molecule has 1 heterocycles. The molecule has 1 spiro atoms. The van der Waals surface area contributed by atoms with Crippen LogP contribution in [0.5, 0.6) is 0 Å². The second kappa shape index (κ2) is 10.4. The molecule has 1 N–H and O–H groups in total. The summed E-state index contributed by atoms with van der Waals surface area (Å²) >= 11 is 0. The van der Waals surface area contributed by atoms with Gasteiger partial charge in [-0.25, -0.2) is 26.3 Å². The monoisotopic (exact) mass is 574 g/mol. The van der Waals surface area contributed by atoms with Crippen LogP contribution in [0.2, 0.25) is 0 Å². The lowest BCUT2D eigenvalue weighted by Gasteiger charge is -2.49. The Morgan fingerprint density at radius 2 is 1.70 bits per heavy atom. The molecule has 2 aromatic carbocycles. The van der Waals surface area contributed by atoms with Crippen LogP contribution in [0.3, 0.4) is 0 Å². The van der Waals surface area contributed by atoms with E-state index >= 15 is 8.78 Å². The molecule has 2 aliphatic carbocycles. The van der Waals surface area contributed by atoms with Crippen molar-refractivity contribution >= 4 is 21.7 Å². The van der Waals surface area contributed by atoms with E-state index in [1.807, 2.05) is 30.1 Å². The molecule has 0 unspecified atom stereocenters. The predicted octanol–water partition coefficient (Wildman–Crippen LogP) is 5.52. The molecule has 1 saturated heterocycles. The van der Waals surface area contributed by atoms with Gasteiger partial charge < -0.3 is 10.2 Å². The Morgan fingerprint density at radius 1 is 1.05 bits per heavy atom. The average molecular weight is 575 g/mol. The van der Waals surface area contributed by atoms with Gasteiger partial charge in [0.25, 0.3) is 5.92 Å². The first-order chi connectivity index (χ1) is 18.8. The lowest BCUT2D eigenvalue weighted by atomic mass is 9.68. The number of hydrogen-bond acceptors (Lipinski definition) is 4. The van der Waals surface area contributed by atoms with E-state index in [0.29, 0.717) is 19.0 Å². The number of hydrogen-bond donors (Lipinski definition) is 1. The van der Waals surface area contributed by atoms with E-state index in [-0.39, 0.29) is 22.2 Å². The number of halogens is 2. The van der Waals surface area contributed by atoms with Crippen molar-refractivity contribution < 1.29 is 22.0 Å². The maximum absolute atomic E-state index is 15.0. The Hall–Kier alpha value is -2.56. The summed E-state index contributed by atoms with van der Waals surface area (Å²) in [6, 6.07) is 13.8. The van der Waals surface area contributed by atoms with E-state index in [4.69, 9.17) is 0 Å². The first-order valence-corrected chi connectivity index (χ1v) is 15.6. The number of nitrogens with one attached hydrogen (secondary N) is 1. The van der Waals surface area contributed by atoms with Crippen molar-refractivity contribution in [3.63, 3.8) is 0 Å². The zero-order valence-corrected chi connectivity index (χ0v) is 24.6. The van der Waals surface area contributed by atoms with Gasteiger partial charge in [0, 0.05) is 38.7 Å². The quantitative estimate of drug-likeness (QED) is 0.451. The molecule has 5 rings (SSSR count). The number of alkyl halides is 2. The van der Waals surface area contributed by atoms with Crippen LogP contribution in [0.4, 0.5) is 19.3 Å². The normalized spacial score (nSPS) is 26.1. The second-order valence-corrected chi connectivity index (χ2v) is 14.2. The summed E-state index contributed by atoms with van der Waals surface area (Å²) in [6.07, 6.45) is 6.39. The van der Waals surface area contributed by atoms with Crippen molar-refractivity contribution in [2.24, 2.45) is 5.92 Å². The first-order valence-electron chi connectivity index (χ1n) is 14.1. The van der Waals surface area contributed by atoms with Crippen LogP contribution in [-0.2, 0) is 21.5 Å². The van der Waals surface area contributed by atoms with Gasteiger partial charge in [-0.1, -0.05) is 36.8 Å². The van der Waals surface area contributed by atoms with Crippen LogP contribution in [-0.4, -0.2) is 63.4 Å². The first kappa shape index (κ1) is 29.0. The van der Waals surface area contributed by atoms with Gasteiger partial charge in [-0.15, -0.1) is 0 Å². The number of sulfonamides is 1. The minimum absolute atomic E-state index is 0.0826. The molecule has 0 atom stereocenters. The third-order valence-electron chi connectivity index (χ3n) is 9.50. The third kappa shape index (κ3) is 4.92. The van der Waals surface area contributed by atoms with E-state index in [1.165, 1.54) is 36.7 Å². The van der Waals surface area contributed by atoms with Gasteiger partial charge in [-0.05, 0) is 75.3 Å². The summed E-state index contributed by atoms with van der Waals surface area (Å²) in [4.78, 5) is 17.3. The summed E-state index contributed by atoms with van der Waals surface area (Å²) in [5.41, 5.74) is 0.156. The van der Waals surface area contributed by atoms with E-state index in [9.17, 15) is 13.2 Å². The van der Waals surface area contributed by atoms with Gasteiger partial charge >= 0.3 is 6.03 Å². The maximum atomic E-state index is 15.0. The van der Waals surface area contributed by atoms with E-state index in [2.05, 4.69) is 17.4 Å². The minimum Gasteiger partial charge on any atom is -0.317 e. The molecule has 0 aromatic heterocycles. The number of urea groups is 1. The molecule has 3 aliphatic rings. The van der Waals surface area contributed by atoms with Crippen molar-refractivity contribution in [1.82, 2.24) is 14.5 Å². The predicted molar refractivity (Wildman–Crippen MR) is 152 cm³/mol. The molecule has 3 fully saturated rings. The van der Waals surface area contributed by atoms with Crippen molar-refractivity contribution in [1.29, 1.82) is 0 Å². The number of rotatable bonds is 8. The van der Waals surface area contributed by atoms with E-state index < -0.39 is 27.0 Å². The maximum Gasteiger partial charge on any atom is 0.325 e. The molecule has 40 heavy (non-hydrogen) atoms. The third-order valence-corrected chi connectivity index (χ3v) is 11.3. The Morgan fingerprint density at radius 3 is 2.23 bits per heavy atom. The van der Waals surface area contributed by atoms with Gasteiger partial charge in [-0.3, -0.25) is 4.90 Å². The fraction of sp³-hybridized carbons (Fsp3) is 0.567. The van der Waals surface area contributed by atoms with Crippen molar-refractivity contribution in [3.05, 3.63) is 59.7 Å². The summed E-state index contributed by atoms with van der Waals surface area (Å²) in [5, 5.41) is 3.55. The van der Waals surface area contributed by atoms with Gasteiger partial charge in [0.2, 0.25) is 10.0 Å². The molecular formula is C30H40F2N4O3S. The zero-order valence-electron chi connectivity index (χ0n) is 23.8. The topological polar surface area (TPSA) is 73.0 Å². The summed E-state index contributed by atoms with van der Waals surface area (Å²) in [6.45, 7) is 1.68. The molecule has 10 heteroatoms. The van der Waals surface area contributed by atoms with Gasteiger partial charge in [-0.2, -0.15) is 0 Å². The summed E-state index contributed by atoms with van der Waals surface area (Å²) in [7, 11) is 0.776. The fourth-order valence-electron chi connectivity index (χ4n) is 6.67. The molecule has 1 aliphatic heterocycles. The molecular weight excluding hydrogens is 534 g/mol. The van der Waals surface area contributed by atoms with Crippen molar-refractivity contribution in [2.45, 2.75) is 73.8 Å². The Balaban J connectivity index is 1.52. The van der Waals surface area contributed by atoms with Crippen LogP contribution in [0.25, 0.3) is 0 Å². The summed E-state index contributed by atoms with van der Waals surface area (Å²) in [5.74, 6) is -2.92. The molecule has 7 nitrogen and oxygen atoms in total. The standard InChI is InChI=1S/C30H40F2N4O3S/c1-28(31,32)25-19-24(40(38,39)34(3)4)13-14-26(25)35-21-29(36(27(35)37)20-22-9-8-10-22)15-17-30(33-2,18-16-29)23-11-6-5-7-12-23/h5-7,11-14,19,22,33H,8-10,15-18,20-21H2,1-4H3/t29-,30+. The number of carbonyl (C=O) groups excluding carboxylic acids is 1. The van der Waals surface area contributed by atoms with Crippen LogP contribution in [0.1, 0.15) is 63.0 Å². The number of nitrogens with zero attached hydrogens (tertiary/aromatic N) is 3. The number of carbonyl (C=O) groups is 1. The molecule has 2 aromatic rings. The Kier molecular flexibility index (Phi) is 7.50. The highest BCUT2D eigenvalue weighted by Gasteiger charge is 2.55. The number of anilines is 1. The highest BCUT2D eigenvalue weighted by molar-refractivity contribution is 7.89. The Labute approximate surface area is 236 Å². The van der Waals surface area contributed by atoms with E-state index in [1.54, 1.807) is 0 Å². The van der Waals surface area contributed by atoms with Crippen molar-refractivity contribution in [2.75, 3.05) is 39.1 Å². The SMILES string of the molecule is CN[C@]1(c2ccccc2)CC[C@]2(CC1)CN(c1ccc(S(=O)(=O)N(C)C)cc1C(C)(F)F)C(=O)N2CC1CCC1. The zero-order chi connectivity index (χ0) is 28.9. The van der Waals surface area contributed by atoms with Gasteiger partial charge in [0.15, 0.2) is 0 Å². The average Bonchev–Trinajstić information content (AvgIpc) is 3.17. The minimum atomic E-state index is -3.93. The van der Waals surface area contributed by atoms with E-state index in [0.717, 1.165) is 62.2 Å². The summed E-state index contributed by atoms with van der Waals surface area (Å²) < 4.78 is 56.6. The van der Waals surface area contributed by atoms with Crippen LogP contribution < -0.4 is 10.2 Å². The molecule has 2 amide bonds. The highest BCUT2D eigenvalue weighted by atomic mass is 32.2. The van der Waals surface area contributed by atoms with Crippen LogP contribution >= 0.6 is 0 Å². The molecule has 0 radical (unpaired) electrons. The molecule has 2 saturated carbocycles. The lowest BCUT2D eigenvalue weighted by Crippen LogP contribution is -2.56. The van der Waals surface area contributed by atoms with Gasteiger partial charge in [0.1, 0.15) is 0 Å². The van der Waals surface area contributed by atoms with Crippen LogP contribution in [0.15, 0.2) is 53.4 Å². The smallest absolute Gasteiger partial charge is 0.317 e. The van der Waals surface area contributed by atoms with Crippen LogP contribution in [0, 0.1) is 5.92 Å². The lowest BCUT2D eigenvalue weighted by molar-refractivity contribution is 0.0178. The fourth-order valence-corrected chi connectivity index (χ4v) is 7.60. The second-order valence-electron chi connectivity index (χ2n) is 12.1. The molecule has 218 valence electrons. The largest absolute Gasteiger partial charge is 0.325 e. The van der Waals surface area contributed by atoms with Gasteiger partial charge in [0.05, 0.1) is 22.7 Å². The number of benzene rings is 2.